The molecule has 0 saturated heterocycles. The average molecular weight is 854 g/mol. The molecule has 2 aliphatic heterocycles. The molecule has 0 unspecified atom stereocenters. The van der Waals surface area contributed by atoms with Crippen LogP contribution in [0.5, 0.6) is 17.2 Å². The van der Waals surface area contributed by atoms with Crippen molar-refractivity contribution in [3.63, 3.8) is 0 Å². The van der Waals surface area contributed by atoms with Crippen LogP contribution in [0.1, 0.15) is 35.6 Å². The Morgan fingerprint density at radius 1 is 0.443 bits per heavy atom. The summed E-state index contributed by atoms with van der Waals surface area (Å²) in [6.07, 6.45) is 10.3. The zero-order chi connectivity index (χ0) is 41.0. The van der Waals surface area contributed by atoms with Gasteiger partial charge in [-0.15, -0.1) is 22.1 Å². The Balaban J connectivity index is 0.00000514. The number of fused-ring (bicyclic) bond motifs is 8. The Morgan fingerprint density at radius 3 is 1.05 bits per heavy atom. The summed E-state index contributed by atoms with van der Waals surface area (Å²) >= 11 is 0. The molecule has 0 atom stereocenters. The molecule has 4 aromatic carbocycles. The normalized spacial score (nSPS) is 11.6. The molecule has 7 aromatic rings. The Kier molecular flexibility index (Phi) is 12.3. The number of ether oxygens (including phenoxy) is 3. The maximum atomic E-state index is 5.73. The van der Waals surface area contributed by atoms with Gasteiger partial charge in [0.15, 0.2) is 0 Å². The van der Waals surface area contributed by atoms with Gasteiger partial charge in [-0.3, -0.25) is 0 Å². The van der Waals surface area contributed by atoms with E-state index < -0.39 is 0 Å². The van der Waals surface area contributed by atoms with E-state index in [0.717, 1.165) is 132 Å². The number of hydrogen-bond acceptors (Lipinski definition) is 7. The van der Waals surface area contributed by atoms with Gasteiger partial charge in [-0.05, 0) is 137 Å². The smallest absolute Gasteiger partial charge is 0.657 e. The third-order valence-corrected chi connectivity index (χ3v) is 10.9. The Morgan fingerprint density at radius 2 is 0.754 bits per heavy atom. The molecular weight excluding hydrogens is 810 g/mol. The standard InChI is InChI=1S/C51H44N6O3.Zn/c1-58-37-16-8-33(9-17-37)49-42-24-22-40(54-42)48(32-6-14-36(15-7-32)53-31-5-4-30-52)41-23-25-43(55-41)50(34-10-18-38(59-2)19-11-34)45-27-29-47(57-45)51(46-28-26-44(49)56-46)35-12-20-39(60-3)21-13-35;/h6-29,53H,4-5,30-31,52H2,1-3H3;/q-2;+2. The maximum absolute atomic E-state index is 5.73. The molecule has 3 N–H and O–H groups in total. The van der Waals surface area contributed by atoms with Crippen molar-refractivity contribution in [2.24, 2.45) is 5.73 Å². The van der Waals surface area contributed by atoms with Crippen molar-refractivity contribution in [1.82, 2.24) is 19.9 Å². The van der Waals surface area contributed by atoms with Crippen LogP contribution in [-0.4, -0.2) is 44.4 Å². The van der Waals surface area contributed by atoms with Gasteiger partial charge >= 0.3 is 19.5 Å². The minimum absolute atomic E-state index is 0. The average Bonchev–Trinajstić information content (AvgIpc) is 4.15. The van der Waals surface area contributed by atoms with Crippen molar-refractivity contribution in [3.05, 3.63) is 144 Å². The largest absolute Gasteiger partial charge is 2.00 e. The van der Waals surface area contributed by atoms with E-state index in [2.05, 4.69) is 115 Å². The number of anilines is 1. The summed E-state index contributed by atoms with van der Waals surface area (Å²) < 4.78 is 16.6. The summed E-state index contributed by atoms with van der Waals surface area (Å²) in [4.78, 5) is 21.5. The second-order valence-electron chi connectivity index (χ2n) is 14.5. The van der Waals surface area contributed by atoms with E-state index in [4.69, 9.17) is 39.9 Å². The molecule has 0 aliphatic carbocycles. The molecule has 5 heterocycles. The molecule has 0 radical (unpaired) electrons. The van der Waals surface area contributed by atoms with Gasteiger partial charge in [0.25, 0.3) is 0 Å². The van der Waals surface area contributed by atoms with Gasteiger partial charge < -0.3 is 35.2 Å². The fourth-order valence-corrected chi connectivity index (χ4v) is 7.80. The Bertz CT molecular complexity index is 2850. The minimum Gasteiger partial charge on any atom is -0.657 e. The first kappa shape index (κ1) is 41.0. The van der Waals surface area contributed by atoms with Crippen molar-refractivity contribution in [3.8, 4) is 61.8 Å². The molecular formula is C51H44N6O3Zn. The molecule has 0 saturated carbocycles. The third-order valence-electron chi connectivity index (χ3n) is 10.9. The summed E-state index contributed by atoms with van der Waals surface area (Å²) in [6.45, 7) is 1.55. The molecule has 8 bridgehead atoms. The van der Waals surface area contributed by atoms with Crippen molar-refractivity contribution in [2.45, 2.75) is 12.8 Å². The molecule has 10 heteroatoms. The first-order valence-corrected chi connectivity index (χ1v) is 20.1. The van der Waals surface area contributed by atoms with Crippen LogP contribution in [0.25, 0.3) is 90.9 Å². The van der Waals surface area contributed by atoms with E-state index in [0.29, 0.717) is 6.54 Å². The second kappa shape index (κ2) is 18.3. The summed E-state index contributed by atoms with van der Waals surface area (Å²) in [5.74, 6) is 2.30. The topological polar surface area (TPSA) is 120 Å². The molecule has 0 amide bonds. The number of hydrogen-bond donors (Lipinski definition) is 2. The van der Waals surface area contributed by atoms with Crippen LogP contribution in [0.4, 0.5) is 5.69 Å². The van der Waals surface area contributed by atoms with Crippen LogP contribution >= 0.6 is 0 Å². The molecule has 0 fully saturated rings. The van der Waals surface area contributed by atoms with Gasteiger partial charge in [-0.1, -0.05) is 72.8 Å². The van der Waals surface area contributed by atoms with Crippen LogP contribution in [-0.2, 0) is 19.5 Å². The number of benzene rings is 4. The van der Waals surface area contributed by atoms with Crippen molar-refractivity contribution < 1.29 is 33.7 Å². The van der Waals surface area contributed by atoms with Crippen molar-refractivity contribution >= 4 is 52.1 Å². The number of rotatable bonds is 12. The van der Waals surface area contributed by atoms with E-state index in [1.54, 1.807) is 21.3 Å². The van der Waals surface area contributed by atoms with Gasteiger partial charge in [-0.25, -0.2) is 9.97 Å². The van der Waals surface area contributed by atoms with E-state index in [1.165, 1.54) is 0 Å². The van der Waals surface area contributed by atoms with Crippen LogP contribution in [0, 0.1) is 0 Å². The quantitative estimate of drug-likeness (QED) is 0.0914. The monoisotopic (exact) mass is 852 g/mol. The number of nitrogens with one attached hydrogen (secondary N) is 1. The van der Waals surface area contributed by atoms with E-state index in [-0.39, 0.29) is 19.5 Å². The van der Waals surface area contributed by atoms with Gasteiger partial charge in [-0.2, -0.15) is 0 Å². The third kappa shape index (κ3) is 8.38. The van der Waals surface area contributed by atoms with Crippen LogP contribution in [0.3, 0.4) is 0 Å². The summed E-state index contributed by atoms with van der Waals surface area (Å²) in [6, 6.07) is 40.9. The van der Waals surface area contributed by atoms with Crippen LogP contribution in [0.2, 0.25) is 0 Å². The van der Waals surface area contributed by atoms with Gasteiger partial charge in [0.05, 0.1) is 44.1 Å². The zero-order valence-corrected chi connectivity index (χ0v) is 37.5. The van der Waals surface area contributed by atoms with Crippen molar-refractivity contribution in [2.75, 3.05) is 39.7 Å². The molecule has 9 nitrogen and oxygen atoms in total. The SMILES string of the molecule is COc1ccc(-c2c3nc(c(-c4ccc(OC)cc4)c4ccc([n-]4)c(-c4ccc(OC)cc4)c4nc(c(-c5ccc(NCCCCN)cc5)c5ccc2[n-]5)C=C4)C=C3)cc1.[Zn+2]. The van der Waals surface area contributed by atoms with Gasteiger partial charge in [0, 0.05) is 12.2 Å². The number of aromatic nitrogens is 4. The molecule has 61 heavy (non-hydrogen) atoms. The zero-order valence-electron chi connectivity index (χ0n) is 34.5. The summed E-state index contributed by atoms with van der Waals surface area (Å²) in [5, 5.41) is 3.53. The summed E-state index contributed by atoms with van der Waals surface area (Å²) in [5.41, 5.74) is 20.6. The molecule has 9 rings (SSSR count). The molecule has 298 valence electrons. The first-order chi connectivity index (χ1) is 29.5. The van der Waals surface area contributed by atoms with Crippen molar-refractivity contribution in [1.29, 1.82) is 0 Å². The molecule has 2 aliphatic rings. The Labute approximate surface area is 368 Å². The van der Waals surface area contributed by atoms with Gasteiger partial charge in [0.2, 0.25) is 0 Å². The summed E-state index contributed by atoms with van der Waals surface area (Å²) in [7, 11) is 5.02. The van der Waals surface area contributed by atoms with E-state index in [9.17, 15) is 0 Å². The number of unbranched alkanes of at least 4 members (excludes halogenated alkanes) is 1. The first-order valence-electron chi connectivity index (χ1n) is 20.1. The van der Waals surface area contributed by atoms with E-state index in [1.807, 2.05) is 36.4 Å². The predicted octanol–water partition coefficient (Wildman–Crippen LogP) is 10.8. The molecule has 0 spiro atoms. The Hall–Kier alpha value is -6.74. The number of nitrogens with zero attached hydrogens (tertiary/aromatic N) is 4. The maximum Gasteiger partial charge on any atom is 2.00 e. The van der Waals surface area contributed by atoms with E-state index >= 15 is 0 Å². The predicted molar refractivity (Wildman–Crippen MR) is 245 cm³/mol. The second-order valence-corrected chi connectivity index (χ2v) is 14.5. The number of methoxy groups -OCH3 is 3. The fraction of sp³-hybridized carbons (Fsp3) is 0.137. The van der Waals surface area contributed by atoms with Gasteiger partial charge in [0.1, 0.15) is 17.2 Å². The number of nitrogens with two attached hydrogens (primary N) is 1. The fourth-order valence-electron chi connectivity index (χ4n) is 7.80. The minimum atomic E-state index is 0. The van der Waals surface area contributed by atoms with Crippen LogP contribution in [0.15, 0.2) is 121 Å². The van der Waals surface area contributed by atoms with Crippen LogP contribution < -0.4 is 35.2 Å². The molecule has 3 aromatic heterocycles.